The first-order valence-corrected chi connectivity index (χ1v) is 7.45. The Morgan fingerprint density at radius 2 is 1.83 bits per heavy atom. The van der Waals surface area contributed by atoms with Crippen molar-refractivity contribution in [3.8, 4) is 0 Å². The molecule has 0 saturated heterocycles. The number of nitrogens with zero attached hydrogens (tertiary/aromatic N) is 2. The predicted octanol–water partition coefficient (Wildman–Crippen LogP) is 3.27. The van der Waals surface area contributed by atoms with Crippen molar-refractivity contribution >= 4 is 28.3 Å². The van der Waals surface area contributed by atoms with Crippen molar-refractivity contribution < 1.29 is 9.59 Å². The molecule has 23 heavy (non-hydrogen) atoms. The molecule has 0 bridgehead atoms. The lowest BCUT2D eigenvalue weighted by atomic mass is 10.1. The third kappa shape index (κ3) is 3.45. The number of hydrogen-bond donors (Lipinski definition) is 1. The van der Waals surface area contributed by atoms with Crippen LogP contribution in [0.4, 0.5) is 5.69 Å². The molecule has 5 heteroatoms. The van der Waals surface area contributed by atoms with Gasteiger partial charge in [0.05, 0.1) is 18.3 Å². The maximum absolute atomic E-state index is 12.0. The van der Waals surface area contributed by atoms with Crippen LogP contribution in [-0.4, -0.2) is 21.5 Å². The summed E-state index contributed by atoms with van der Waals surface area (Å²) in [5, 5.41) is 8.19. The van der Waals surface area contributed by atoms with Crippen molar-refractivity contribution in [2.75, 3.05) is 5.32 Å². The first kappa shape index (κ1) is 15.0. The second-order valence-electron chi connectivity index (χ2n) is 5.36. The second-order valence-corrected chi connectivity index (χ2v) is 5.36. The summed E-state index contributed by atoms with van der Waals surface area (Å²) >= 11 is 0. The summed E-state index contributed by atoms with van der Waals surface area (Å²) in [7, 11) is 0. The topological polar surface area (TPSA) is 64.0 Å². The van der Waals surface area contributed by atoms with Crippen molar-refractivity contribution in [1.29, 1.82) is 0 Å². The molecule has 0 aliphatic heterocycles. The zero-order valence-electron chi connectivity index (χ0n) is 12.8. The van der Waals surface area contributed by atoms with Gasteiger partial charge in [-0.25, -0.2) is 0 Å². The van der Waals surface area contributed by atoms with Gasteiger partial charge in [-0.2, -0.15) is 5.10 Å². The number of nitrogens with one attached hydrogen (secondary N) is 1. The summed E-state index contributed by atoms with van der Waals surface area (Å²) in [6.45, 7) is 2.03. The molecule has 1 amide bonds. The SMILES string of the molecule is CC(=O)c1ccc(NC(=O)CCn2ncc3ccccc32)cc1. The Bertz CT molecular complexity index is 850. The molecule has 2 aromatic carbocycles. The number of carbonyl (C=O) groups excluding carboxylic acids is 2. The largest absolute Gasteiger partial charge is 0.326 e. The van der Waals surface area contributed by atoms with Gasteiger partial charge in [-0.05, 0) is 37.3 Å². The third-order valence-corrected chi connectivity index (χ3v) is 3.68. The number of anilines is 1. The maximum atomic E-state index is 12.0. The average molecular weight is 307 g/mol. The predicted molar refractivity (Wildman–Crippen MR) is 89.4 cm³/mol. The summed E-state index contributed by atoms with van der Waals surface area (Å²) in [4.78, 5) is 23.3. The van der Waals surface area contributed by atoms with Gasteiger partial charge < -0.3 is 5.32 Å². The first-order chi connectivity index (χ1) is 11.1. The number of carbonyl (C=O) groups is 2. The number of para-hydroxylation sites is 1. The van der Waals surface area contributed by atoms with Crippen LogP contribution in [0.5, 0.6) is 0 Å². The van der Waals surface area contributed by atoms with Crippen molar-refractivity contribution in [3.05, 3.63) is 60.3 Å². The Balaban J connectivity index is 1.60. The molecular weight excluding hydrogens is 290 g/mol. The maximum Gasteiger partial charge on any atom is 0.226 e. The lowest BCUT2D eigenvalue weighted by molar-refractivity contribution is -0.116. The smallest absolute Gasteiger partial charge is 0.226 e. The number of fused-ring (bicyclic) bond motifs is 1. The van der Waals surface area contributed by atoms with Crippen LogP contribution in [0.15, 0.2) is 54.7 Å². The fraction of sp³-hybridized carbons (Fsp3) is 0.167. The summed E-state index contributed by atoms with van der Waals surface area (Å²) in [6.07, 6.45) is 2.13. The van der Waals surface area contributed by atoms with Gasteiger partial charge in [0.2, 0.25) is 5.91 Å². The molecule has 0 atom stereocenters. The molecule has 0 fully saturated rings. The van der Waals surface area contributed by atoms with Gasteiger partial charge in [0.15, 0.2) is 5.78 Å². The van der Waals surface area contributed by atoms with E-state index >= 15 is 0 Å². The number of aryl methyl sites for hydroxylation is 1. The van der Waals surface area contributed by atoms with Crippen molar-refractivity contribution in [3.63, 3.8) is 0 Å². The number of benzene rings is 2. The van der Waals surface area contributed by atoms with E-state index in [2.05, 4.69) is 10.4 Å². The number of Topliss-reactive ketones (excluding diaryl/α,β-unsaturated/α-hetero) is 1. The van der Waals surface area contributed by atoms with Gasteiger partial charge in [-0.3, -0.25) is 14.3 Å². The van der Waals surface area contributed by atoms with E-state index in [1.807, 2.05) is 28.9 Å². The highest BCUT2D eigenvalue weighted by atomic mass is 16.1. The minimum absolute atomic E-state index is 0.00781. The molecule has 0 aliphatic carbocycles. The molecule has 1 aromatic heterocycles. The zero-order chi connectivity index (χ0) is 16.2. The normalized spacial score (nSPS) is 10.7. The third-order valence-electron chi connectivity index (χ3n) is 3.68. The highest BCUT2D eigenvalue weighted by Gasteiger charge is 2.06. The zero-order valence-corrected chi connectivity index (χ0v) is 12.8. The highest BCUT2D eigenvalue weighted by molar-refractivity contribution is 5.95. The lowest BCUT2D eigenvalue weighted by Gasteiger charge is -2.07. The van der Waals surface area contributed by atoms with E-state index < -0.39 is 0 Å². The van der Waals surface area contributed by atoms with Crippen LogP contribution < -0.4 is 5.32 Å². The Hall–Kier alpha value is -2.95. The first-order valence-electron chi connectivity index (χ1n) is 7.45. The number of rotatable bonds is 5. The van der Waals surface area contributed by atoms with E-state index in [0.29, 0.717) is 24.2 Å². The minimum Gasteiger partial charge on any atom is -0.326 e. The fourth-order valence-corrected chi connectivity index (χ4v) is 2.42. The summed E-state index contributed by atoms with van der Waals surface area (Å²) < 4.78 is 1.83. The standard InChI is InChI=1S/C18H17N3O2/c1-13(22)14-6-8-16(9-7-14)20-18(23)10-11-21-17-5-3-2-4-15(17)12-19-21/h2-9,12H,10-11H2,1H3,(H,20,23). The van der Waals surface area contributed by atoms with Crippen LogP contribution in [-0.2, 0) is 11.3 Å². The van der Waals surface area contributed by atoms with Gasteiger partial charge in [0.25, 0.3) is 0 Å². The molecule has 1 N–H and O–H groups in total. The average Bonchev–Trinajstić information content (AvgIpc) is 2.97. The van der Waals surface area contributed by atoms with Crippen LogP contribution in [0.1, 0.15) is 23.7 Å². The minimum atomic E-state index is -0.0832. The van der Waals surface area contributed by atoms with Crippen LogP contribution in [0.25, 0.3) is 10.9 Å². The molecule has 0 spiro atoms. The van der Waals surface area contributed by atoms with E-state index in [0.717, 1.165) is 10.9 Å². The molecular formula is C18H17N3O2. The van der Waals surface area contributed by atoms with Gasteiger partial charge in [-0.15, -0.1) is 0 Å². The van der Waals surface area contributed by atoms with E-state index in [9.17, 15) is 9.59 Å². The van der Waals surface area contributed by atoms with Crippen LogP contribution >= 0.6 is 0 Å². The van der Waals surface area contributed by atoms with Crippen molar-refractivity contribution in [2.45, 2.75) is 19.9 Å². The molecule has 116 valence electrons. The quantitative estimate of drug-likeness (QED) is 0.736. The number of hydrogen-bond acceptors (Lipinski definition) is 3. The molecule has 3 aromatic rings. The number of aromatic nitrogens is 2. The van der Waals surface area contributed by atoms with E-state index in [4.69, 9.17) is 0 Å². The number of ketones is 1. The van der Waals surface area contributed by atoms with E-state index in [1.165, 1.54) is 6.92 Å². The molecule has 0 saturated carbocycles. The van der Waals surface area contributed by atoms with Gasteiger partial charge in [0, 0.05) is 23.1 Å². The summed E-state index contributed by atoms with van der Waals surface area (Å²) in [5.74, 6) is -0.0754. The monoisotopic (exact) mass is 307 g/mol. The van der Waals surface area contributed by atoms with Crippen LogP contribution in [0.2, 0.25) is 0 Å². The molecule has 0 aliphatic rings. The lowest BCUT2D eigenvalue weighted by Crippen LogP contribution is -2.15. The Morgan fingerprint density at radius 3 is 2.57 bits per heavy atom. The summed E-state index contributed by atoms with van der Waals surface area (Å²) in [5.41, 5.74) is 2.34. The Labute approximate surface area is 133 Å². The van der Waals surface area contributed by atoms with Gasteiger partial charge in [0.1, 0.15) is 0 Å². The number of amides is 1. The molecule has 3 rings (SSSR count). The molecule has 1 heterocycles. The Morgan fingerprint density at radius 1 is 1.09 bits per heavy atom. The summed E-state index contributed by atoms with van der Waals surface area (Å²) in [6, 6.07) is 14.8. The van der Waals surface area contributed by atoms with Gasteiger partial charge >= 0.3 is 0 Å². The second kappa shape index (κ2) is 6.44. The fourth-order valence-electron chi connectivity index (χ4n) is 2.42. The molecule has 0 unspecified atom stereocenters. The van der Waals surface area contributed by atoms with Crippen LogP contribution in [0, 0.1) is 0 Å². The van der Waals surface area contributed by atoms with E-state index in [1.54, 1.807) is 30.5 Å². The van der Waals surface area contributed by atoms with E-state index in [-0.39, 0.29) is 11.7 Å². The highest BCUT2D eigenvalue weighted by Crippen LogP contribution is 2.14. The van der Waals surface area contributed by atoms with Crippen LogP contribution in [0.3, 0.4) is 0 Å². The van der Waals surface area contributed by atoms with Crippen molar-refractivity contribution in [2.24, 2.45) is 0 Å². The van der Waals surface area contributed by atoms with Gasteiger partial charge in [-0.1, -0.05) is 18.2 Å². The van der Waals surface area contributed by atoms with Crippen molar-refractivity contribution in [1.82, 2.24) is 9.78 Å². The Kier molecular flexibility index (Phi) is 4.19. The molecule has 5 nitrogen and oxygen atoms in total. The molecule has 0 radical (unpaired) electrons.